The van der Waals surface area contributed by atoms with Crippen molar-refractivity contribution in [3.8, 4) is 5.75 Å². The van der Waals surface area contributed by atoms with Crippen molar-refractivity contribution in [3.63, 3.8) is 0 Å². The van der Waals surface area contributed by atoms with Gasteiger partial charge in [0.25, 0.3) is 0 Å². The largest absolute Gasteiger partial charge is 0.492 e. The van der Waals surface area contributed by atoms with Gasteiger partial charge in [-0.05, 0) is 38.9 Å². The fraction of sp³-hybridized carbons (Fsp3) is 0.643. The summed E-state index contributed by atoms with van der Waals surface area (Å²) in [5.41, 5.74) is 1.93. The first kappa shape index (κ1) is 14.9. The van der Waals surface area contributed by atoms with Crippen LogP contribution in [-0.2, 0) is 6.54 Å². The van der Waals surface area contributed by atoms with Crippen LogP contribution in [0.1, 0.15) is 38.1 Å². The van der Waals surface area contributed by atoms with Gasteiger partial charge in [0.15, 0.2) is 0 Å². The molecule has 4 nitrogen and oxygen atoms in total. The topological polar surface area (TPSA) is 54.4 Å². The van der Waals surface area contributed by atoms with E-state index >= 15 is 0 Å². The summed E-state index contributed by atoms with van der Waals surface area (Å²) in [6.07, 6.45) is 1.41. The molecule has 1 aromatic heterocycles. The Morgan fingerprint density at radius 2 is 2.22 bits per heavy atom. The summed E-state index contributed by atoms with van der Waals surface area (Å²) < 4.78 is 5.67. The molecule has 4 heteroatoms. The normalized spacial score (nSPS) is 12.4. The van der Waals surface area contributed by atoms with Gasteiger partial charge in [-0.15, -0.1) is 0 Å². The molecule has 0 saturated heterocycles. The third-order valence-corrected chi connectivity index (χ3v) is 2.58. The number of hydrogen-bond donors (Lipinski definition) is 2. The minimum atomic E-state index is -0.329. The van der Waals surface area contributed by atoms with Crippen molar-refractivity contribution in [1.82, 2.24) is 10.3 Å². The zero-order valence-electron chi connectivity index (χ0n) is 11.6. The minimum absolute atomic E-state index is 0.329. The Labute approximate surface area is 109 Å². The summed E-state index contributed by atoms with van der Waals surface area (Å²) in [7, 11) is 0. The summed E-state index contributed by atoms with van der Waals surface area (Å²) in [4.78, 5) is 4.49. The molecule has 0 amide bonds. The molecular weight excluding hydrogens is 228 g/mol. The number of hydrogen-bond acceptors (Lipinski definition) is 4. The molecule has 0 fully saturated rings. The van der Waals surface area contributed by atoms with E-state index in [1.54, 1.807) is 6.92 Å². The van der Waals surface area contributed by atoms with Crippen LogP contribution >= 0.6 is 0 Å². The molecule has 2 N–H and O–H groups in total. The minimum Gasteiger partial charge on any atom is -0.492 e. The van der Waals surface area contributed by atoms with Crippen LogP contribution in [0.2, 0.25) is 0 Å². The smallest absolute Gasteiger partial charge is 0.142 e. The van der Waals surface area contributed by atoms with Crippen molar-refractivity contribution < 1.29 is 9.84 Å². The molecule has 0 aromatic carbocycles. The molecule has 1 atom stereocenters. The van der Waals surface area contributed by atoms with Gasteiger partial charge in [0.1, 0.15) is 5.75 Å². The van der Waals surface area contributed by atoms with Crippen molar-refractivity contribution in [2.24, 2.45) is 0 Å². The number of aliphatic hydroxyl groups excluding tert-OH is 1. The lowest BCUT2D eigenvalue weighted by Gasteiger charge is -2.12. The Morgan fingerprint density at radius 1 is 1.44 bits per heavy atom. The second-order valence-electron chi connectivity index (χ2n) is 4.56. The number of ether oxygens (including phenoxy) is 1. The van der Waals surface area contributed by atoms with Gasteiger partial charge in [-0.2, -0.15) is 0 Å². The summed E-state index contributed by atoms with van der Waals surface area (Å²) >= 11 is 0. The Morgan fingerprint density at radius 3 is 2.89 bits per heavy atom. The lowest BCUT2D eigenvalue weighted by molar-refractivity contribution is 0.155. The second-order valence-corrected chi connectivity index (χ2v) is 4.56. The van der Waals surface area contributed by atoms with E-state index in [-0.39, 0.29) is 6.10 Å². The van der Waals surface area contributed by atoms with E-state index in [9.17, 15) is 5.11 Å². The van der Waals surface area contributed by atoms with E-state index in [1.807, 2.05) is 19.1 Å². The lowest BCUT2D eigenvalue weighted by atomic mass is 10.2. The van der Waals surface area contributed by atoms with E-state index in [0.29, 0.717) is 13.0 Å². The van der Waals surface area contributed by atoms with Gasteiger partial charge >= 0.3 is 0 Å². The monoisotopic (exact) mass is 252 g/mol. The quantitative estimate of drug-likeness (QED) is 0.695. The zero-order chi connectivity index (χ0) is 13.4. The van der Waals surface area contributed by atoms with Gasteiger partial charge in [-0.25, -0.2) is 0 Å². The van der Waals surface area contributed by atoms with Crippen LogP contribution in [0.25, 0.3) is 0 Å². The molecule has 1 heterocycles. The molecular formula is C14H24N2O2. The van der Waals surface area contributed by atoms with Gasteiger partial charge in [0.2, 0.25) is 0 Å². The first-order valence-corrected chi connectivity index (χ1v) is 6.61. The number of rotatable bonds is 8. The lowest BCUT2D eigenvalue weighted by Crippen LogP contribution is -2.17. The maximum Gasteiger partial charge on any atom is 0.142 e. The summed E-state index contributed by atoms with van der Waals surface area (Å²) in [5.74, 6) is 0.810. The number of nitrogens with zero attached hydrogens (tertiary/aromatic N) is 1. The van der Waals surface area contributed by atoms with E-state index in [2.05, 4.69) is 17.2 Å². The van der Waals surface area contributed by atoms with Gasteiger partial charge in [0.05, 0.1) is 18.4 Å². The zero-order valence-corrected chi connectivity index (χ0v) is 11.6. The van der Waals surface area contributed by atoms with Crippen LogP contribution in [0.4, 0.5) is 0 Å². The third kappa shape index (κ3) is 5.47. The molecule has 0 saturated carbocycles. The molecule has 0 aliphatic rings. The van der Waals surface area contributed by atoms with E-state index in [4.69, 9.17) is 4.74 Å². The second kappa shape index (κ2) is 8.06. The number of nitrogens with one attached hydrogen (secondary N) is 1. The molecule has 0 aliphatic heterocycles. The fourth-order valence-electron chi connectivity index (χ4n) is 1.58. The average molecular weight is 252 g/mol. The van der Waals surface area contributed by atoms with Crippen LogP contribution in [0.5, 0.6) is 5.75 Å². The maximum atomic E-state index is 9.21. The summed E-state index contributed by atoms with van der Waals surface area (Å²) in [6.45, 7) is 8.09. The highest BCUT2D eigenvalue weighted by atomic mass is 16.5. The van der Waals surface area contributed by atoms with Gasteiger partial charge in [-0.3, -0.25) is 4.98 Å². The molecule has 18 heavy (non-hydrogen) atoms. The van der Waals surface area contributed by atoms with Crippen molar-refractivity contribution in [3.05, 3.63) is 23.5 Å². The van der Waals surface area contributed by atoms with Crippen LogP contribution in [0, 0.1) is 6.92 Å². The molecule has 0 bridgehead atoms. The number of aliphatic hydroxyl groups is 1. The summed E-state index contributed by atoms with van der Waals surface area (Å²) in [5, 5.41) is 12.5. The van der Waals surface area contributed by atoms with Crippen LogP contribution in [-0.4, -0.2) is 29.3 Å². The van der Waals surface area contributed by atoms with Gasteiger partial charge in [-0.1, -0.05) is 6.92 Å². The molecule has 102 valence electrons. The Balaban J connectivity index is 2.58. The maximum absolute atomic E-state index is 9.21. The average Bonchev–Trinajstić information content (AvgIpc) is 2.32. The fourth-order valence-corrected chi connectivity index (χ4v) is 1.58. The first-order chi connectivity index (χ1) is 8.63. The molecule has 0 spiro atoms. The van der Waals surface area contributed by atoms with Crippen LogP contribution < -0.4 is 10.1 Å². The van der Waals surface area contributed by atoms with E-state index in [0.717, 1.165) is 36.6 Å². The number of aryl methyl sites for hydroxylation is 1. The van der Waals surface area contributed by atoms with E-state index in [1.165, 1.54) is 0 Å². The number of aromatic nitrogens is 1. The van der Waals surface area contributed by atoms with E-state index < -0.39 is 0 Å². The third-order valence-electron chi connectivity index (χ3n) is 2.58. The van der Waals surface area contributed by atoms with Crippen molar-refractivity contribution in [1.29, 1.82) is 0 Å². The highest BCUT2D eigenvalue weighted by molar-refractivity contribution is 5.29. The standard InChI is InChI=1S/C14H24N2O2/c1-4-8-15-10-13-14(6-5-11(2)16-13)18-9-7-12(3)17/h5-6,12,15,17H,4,7-10H2,1-3H3. The SMILES string of the molecule is CCCNCc1nc(C)ccc1OCCC(C)O. The molecule has 0 radical (unpaired) electrons. The molecule has 0 aliphatic carbocycles. The van der Waals surface area contributed by atoms with Crippen molar-refractivity contribution in [2.45, 2.75) is 46.3 Å². The predicted molar refractivity (Wildman–Crippen MR) is 72.8 cm³/mol. The predicted octanol–water partition coefficient (Wildman–Crippen LogP) is 2.04. The summed E-state index contributed by atoms with van der Waals surface area (Å²) in [6, 6.07) is 3.90. The Kier molecular flexibility index (Phi) is 6.68. The highest BCUT2D eigenvalue weighted by Crippen LogP contribution is 2.17. The Hall–Kier alpha value is -1.13. The van der Waals surface area contributed by atoms with Gasteiger partial charge in [0, 0.05) is 18.7 Å². The molecule has 1 rings (SSSR count). The molecule has 1 aromatic rings. The number of pyridine rings is 1. The van der Waals surface area contributed by atoms with Crippen molar-refractivity contribution in [2.75, 3.05) is 13.2 Å². The van der Waals surface area contributed by atoms with Crippen molar-refractivity contribution >= 4 is 0 Å². The highest BCUT2D eigenvalue weighted by Gasteiger charge is 2.06. The van der Waals surface area contributed by atoms with Crippen LogP contribution in [0.15, 0.2) is 12.1 Å². The molecule has 1 unspecified atom stereocenters. The first-order valence-electron chi connectivity index (χ1n) is 6.61. The van der Waals surface area contributed by atoms with Crippen LogP contribution in [0.3, 0.4) is 0 Å². The van der Waals surface area contributed by atoms with Gasteiger partial charge < -0.3 is 15.2 Å². The Bertz CT molecular complexity index is 354.